The van der Waals surface area contributed by atoms with Crippen LogP contribution in [0.1, 0.15) is 37.0 Å². The van der Waals surface area contributed by atoms with E-state index in [0.29, 0.717) is 0 Å². The Bertz CT molecular complexity index is 414. The van der Waals surface area contributed by atoms with Crippen molar-refractivity contribution >= 4 is 9.84 Å². The summed E-state index contributed by atoms with van der Waals surface area (Å²) in [6.45, 7) is 2.21. The average molecular weight is 255 g/mol. The number of rotatable bonds is 7. The highest BCUT2D eigenvalue weighted by Crippen LogP contribution is 2.22. The molecule has 0 bridgehead atoms. The smallest absolute Gasteiger partial charge is 0.158 e. The number of unbranched alkanes of at least 4 members (excludes halogenated alkanes) is 2. The van der Waals surface area contributed by atoms with Crippen LogP contribution >= 0.6 is 0 Å². The third kappa shape index (κ3) is 4.13. The number of benzene rings is 1. The second kappa shape index (κ2) is 6.77. The molecule has 0 aliphatic carbocycles. The Morgan fingerprint density at radius 1 is 1.18 bits per heavy atom. The van der Waals surface area contributed by atoms with Crippen molar-refractivity contribution in [2.24, 2.45) is 5.73 Å². The zero-order valence-corrected chi connectivity index (χ0v) is 11.1. The minimum Gasteiger partial charge on any atom is -0.329 e. The van der Waals surface area contributed by atoms with Crippen LogP contribution in [0.5, 0.6) is 0 Å². The van der Waals surface area contributed by atoms with Gasteiger partial charge in [0.2, 0.25) is 0 Å². The molecule has 0 radical (unpaired) electrons. The third-order valence-electron chi connectivity index (χ3n) is 2.85. The summed E-state index contributed by atoms with van der Waals surface area (Å²) in [6, 6.07) is 9.23. The molecule has 0 aliphatic heterocycles. The molecule has 3 nitrogen and oxygen atoms in total. The molecule has 0 amide bonds. The lowest BCUT2D eigenvalue weighted by Gasteiger charge is -2.16. The lowest BCUT2D eigenvalue weighted by Crippen LogP contribution is -2.24. The summed E-state index contributed by atoms with van der Waals surface area (Å²) in [7, 11) is -3.12. The molecule has 96 valence electrons. The fourth-order valence-corrected chi connectivity index (χ4v) is 3.61. The molecule has 1 unspecified atom stereocenters. The van der Waals surface area contributed by atoms with Gasteiger partial charge in [0.15, 0.2) is 9.84 Å². The van der Waals surface area contributed by atoms with Gasteiger partial charge in [-0.2, -0.15) is 0 Å². The molecule has 1 rings (SSSR count). The van der Waals surface area contributed by atoms with Gasteiger partial charge in [-0.15, -0.1) is 0 Å². The Morgan fingerprint density at radius 3 is 2.35 bits per heavy atom. The van der Waals surface area contributed by atoms with Gasteiger partial charge < -0.3 is 5.73 Å². The third-order valence-corrected chi connectivity index (χ3v) is 5.04. The van der Waals surface area contributed by atoms with Crippen molar-refractivity contribution in [3.63, 3.8) is 0 Å². The van der Waals surface area contributed by atoms with Crippen LogP contribution in [-0.2, 0) is 9.84 Å². The first-order valence-electron chi connectivity index (χ1n) is 6.08. The van der Waals surface area contributed by atoms with E-state index in [1.54, 1.807) is 0 Å². The average Bonchev–Trinajstić information content (AvgIpc) is 2.31. The Morgan fingerprint density at radius 2 is 1.82 bits per heavy atom. The molecule has 0 aromatic heterocycles. The van der Waals surface area contributed by atoms with Crippen LogP contribution in [-0.4, -0.2) is 20.7 Å². The standard InChI is InChI=1S/C13H21NO2S/c1-2-3-7-10-17(15,16)13(11-14)12-8-5-4-6-9-12/h4-6,8-9,13H,2-3,7,10-11,14H2,1H3. The monoisotopic (exact) mass is 255 g/mol. The predicted octanol–water partition coefficient (Wildman–Crippen LogP) is 2.29. The summed E-state index contributed by atoms with van der Waals surface area (Å²) in [5.41, 5.74) is 6.41. The van der Waals surface area contributed by atoms with E-state index in [1.165, 1.54) is 0 Å². The van der Waals surface area contributed by atoms with E-state index < -0.39 is 15.1 Å². The van der Waals surface area contributed by atoms with Crippen molar-refractivity contribution in [1.82, 2.24) is 0 Å². The summed E-state index contributed by atoms with van der Waals surface area (Å²) in [5.74, 6) is 0.234. The van der Waals surface area contributed by atoms with E-state index in [1.807, 2.05) is 30.3 Å². The van der Waals surface area contributed by atoms with Crippen molar-refractivity contribution < 1.29 is 8.42 Å². The second-order valence-corrected chi connectivity index (χ2v) is 6.51. The molecule has 0 aliphatic rings. The summed E-state index contributed by atoms with van der Waals surface area (Å²) in [5, 5.41) is -0.555. The van der Waals surface area contributed by atoms with Crippen molar-refractivity contribution in [3.05, 3.63) is 35.9 Å². The van der Waals surface area contributed by atoms with Gasteiger partial charge in [0, 0.05) is 6.54 Å². The molecule has 4 heteroatoms. The fraction of sp³-hybridized carbons (Fsp3) is 0.538. The highest BCUT2D eigenvalue weighted by Gasteiger charge is 2.24. The van der Waals surface area contributed by atoms with Gasteiger partial charge in [-0.25, -0.2) is 8.42 Å². The van der Waals surface area contributed by atoms with Gasteiger partial charge >= 0.3 is 0 Å². The van der Waals surface area contributed by atoms with E-state index in [9.17, 15) is 8.42 Å². The number of hydrogen-bond acceptors (Lipinski definition) is 3. The van der Waals surface area contributed by atoms with Crippen molar-refractivity contribution in [1.29, 1.82) is 0 Å². The Balaban J connectivity index is 2.80. The van der Waals surface area contributed by atoms with Crippen LogP contribution in [0.15, 0.2) is 30.3 Å². The van der Waals surface area contributed by atoms with Crippen LogP contribution in [0.2, 0.25) is 0 Å². The van der Waals surface area contributed by atoms with Gasteiger partial charge in [0.1, 0.15) is 0 Å². The Hall–Kier alpha value is -0.870. The molecule has 0 saturated heterocycles. The second-order valence-electron chi connectivity index (χ2n) is 4.21. The van der Waals surface area contributed by atoms with Crippen molar-refractivity contribution in [3.8, 4) is 0 Å². The minimum atomic E-state index is -3.12. The molecule has 2 N–H and O–H groups in total. The van der Waals surface area contributed by atoms with Crippen LogP contribution < -0.4 is 5.73 Å². The van der Waals surface area contributed by atoms with E-state index in [4.69, 9.17) is 5.73 Å². The normalized spacial score (nSPS) is 13.5. The molecule has 1 atom stereocenters. The summed E-state index contributed by atoms with van der Waals surface area (Å²) in [4.78, 5) is 0. The molecule has 0 fully saturated rings. The highest BCUT2D eigenvalue weighted by atomic mass is 32.2. The van der Waals surface area contributed by atoms with Crippen LogP contribution in [0, 0.1) is 0 Å². The number of sulfone groups is 1. The number of nitrogens with two attached hydrogens (primary N) is 1. The molecule has 1 aromatic carbocycles. The van der Waals surface area contributed by atoms with Crippen molar-refractivity contribution in [2.45, 2.75) is 31.4 Å². The van der Waals surface area contributed by atoms with Gasteiger partial charge in [-0.3, -0.25) is 0 Å². The maximum Gasteiger partial charge on any atom is 0.158 e. The quantitative estimate of drug-likeness (QED) is 0.760. The van der Waals surface area contributed by atoms with Gasteiger partial charge in [0.05, 0.1) is 11.0 Å². The van der Waals surface area contributed by atoms with Gasteiger partial charge in [-0.1, -0.05) is 50.1 Å². The maximum atomic E-state index is 12.2. The Labute approximate surface area is 104 Å². The molecular formula is C13H21NO2S. The number of hydrogen-bond donors (Lipinski definition) is 1. The first-order chi connectivity index (χ1) is 8.11. The molecule has 17 heavy (non-hydrogen) atoms. The summed E-state index contributed by atoms with van der Waals surface area (Å²) < 4.78 is 24.3. The fourth-order valence-electron chi connectivity index (χ4n) is 1.85. The van der Waals surface area contributed by atoms with E-state index in [-0.39, 0.29) is 12.3 Å². The first kappa shape index (κ1) is 14.2. The molecule has 0 saturated carbocycles. The highest BCUT2D eigenvalue weighted by molar-refractivity contribution is 7.91. The molecule has 0 heterocycles. The predicted molar refractivity (Wildman–Crippen MR) is 71.5 cm³/mol. The Kier molecular flexibility index (Phi) is 5.65. The van der Waals surface area contributed by atoms with E-state index in [2.05, 4.69) is 6.92 Å². The molecule has 1 aromatic rings. The summed E-state index contributed by atoms with van der Waals surface area (Å²) in [6.07, 6.45) is 2.70. The zero-order valence-electron chi connectivity index (χ0n) is 10.3. The zero-order chi connectivity index (χ0) is 12.7. The van der Waals surface area contributed by atoms with Gasteiger partial charge in [-0.05, 0) is 12.0 Å². The lowest BCUT2D eigenvalue weighted by atomic mass is 10.1. The van der Waals surface area contributed by atoms with Crippen LogP contribution in [0.3, 0.4) is 0 Å². The van der Waals surface area contributed by atoms with Crippen molar-refractivity contribution in [2.75, 3.05) is 12.3 Å². The topological polar surface area (TPSA) is 60.2 Å². The maximum absolute atomic E-state index is 12.2. The molecular weight excluding hydrogens is 234 g/mol. The van der Waals surface area contributed by atoms with Gasteiger partial charge in [0.25, 0.3) is 0 Å². The van der Waals surface area contributed by atoms with E-state index in [0.717, 1.165) is 24.8 Å². The summed E-state index contributed by atoms with van der Waals surface area (Å²) >= 11 is 0. The lowest BCUT2D eigenvalue weighted by molar-refractivity contribution is 0.577. The largest absolute Gasteiger partial charge is 0.329 e. The molecule has 0 spiro atoms. The first-order valence-corrected chi connectivity index (χ1v) is 7.80. The SMILES string of the molecule is CCCCCS(=O)(=O)C(CN)c1ccccc1. The van der Waals surface area contributed by atoms with Crippen LogP contribution in [0.4, 0.5) is 0 Å². The van der Waals surface area contributed by atoms with Crippen LogP contribution in [0.25, 0.3) is 0 Å². The van der Waals surface area contributed by atoms with E-state index >= 15 is 0 Å². The minimum absolute atomic E-state index is 0.151.